The quantitative estimate of drug-likeness (QED) is 0.678. The lowest BCUT2D eigenvalue weighted by Gasteiger charge is -2.33. The van der Waals surface area contributed by atoms with Gasteiger partial charge in [0.1, 0.15) is 0 Å². The first kappa shape index (κ1) is 15.7. The maximum Gasteiger partial charge on any atom is 0.234 e. The van der Waals surface area contributed by atoms with Crippen molar-refractivity contribution in [2.75, 3.05) is 44.8 Å². The Morgan fingerprint density at radius 3 is 3.05 bits per heavy atom. The fourth-order valence-corrected chi connectivity index (χ4v) is 2.39. The molecule has 2 heterocycles. The molecule has 7 nitrogen and oxygen atoms in total. The molecule has 0 spiro atoms. The number of hydrogen-bond donors (Lipinski definition) is 2. The Kier molecular flexibility index (Phi) is 6.36. The lowest BCUT2D eigenvalue weighted by Crippen LogP contribution is -2.50. The van der Waals surface area contributed by atoms with E-state index in [9.17, 15) is 4.79 Å². The van der Waals surface area contributed by atoms with Gasteiger partial charge in [0, 0.05) is 45.2 Å². The fraction of sp³-hybridized carbons (Fsp3) is 0.643. The Bertz CT molecular complexity index is 429. The van der Waals surface area contributed by atoms with E-state index in [1.807, 2.05) is 0 Å². The second kappa shape index (κ2) is 8.53. The molecule has 2 rings (SSSR count). The van der Waals surface area contributed by atoms with Crippen LogP contribution in [-0.4, -0.2) is 61.8 Å². The summed E-state index contributed by atoms with van der Waals surface area (Å²) >= 11 is 0. The summed E-state index contributed by atoms with van der Waals surface area (Å²) in [6.45, 7) is 3.30. The highest BCUT2D eigenvalue weighted by Gasteiger charge is 2.22. The largest absolute Gasteiger partial charge is 0.383 e. The first-order valence-corrected chi connectivity index (χ1v) is 7.30. The molecule has 1 aromatic heterocycles. The predicted molar refractivity (Wildman–Crippen MR) is 80.2 cm³/mol. The summed E-state index contributed by atoms with van der Waals surface area (Å²) in [6.07, 6.45) is 5.50. The summed E-state index contributed by atoms with van der Waals surface area (Å²) in [5.41, 5.74) is 0. The number of amides is 1. The molecule has 1 aromatic rings. The van der Waals surface area contributed by atoms with Crippen LogP contribution in [-0.2, 0) is 9.53 Å². The zero-order valence-electron chi connectivity index (χ0n) is 12.4. The van der Waals surface area contributed by atoms with E-state index in [-0.39, 0.29) is 11.9 Å². The van der Waals surface area contributed by atoms with Gasteiger partial charge in [0.15, 0.2) is 0 Å². The fourth-order valence-electron chi connectivity index (χ4n) is 2.39. The molecule has 1 aliphatic rings. The van der Waals surface area contributed by atoms with Crippen LogP contribution in [0.2, 0.25) is 0 Å². The van der Waals surface area contributed by atoms with E-state index in [2.05, 4.69) is 25.5 Å². The van der Waals surface area contributed by atoms with E-state index in [4.69, 9.17) is 4.74 Å². The molecule has 1 unspecified atom stereocenters. The van der Waals surface area contributed by atoms with Gasteiger partial charge in [-0.1, -0.05) is 0 Å². The van der Waals surface area contributed by atoms with Crippen molar-refractivity contribution in [3.63, 3.8) is 0 Å². The Hall–Kier alpha value is -1.73. The normalized spacial score (nSPS) is 18.5. The number of rotatable bonds is 7. The van der Waals surface area contributed by atoms with Crippen molar-refractivity contribution >= 4 is 11.9 Å². The molecule has 1 atom stereocenters. The number of methoxy groups -OCH3 is 1. The summed E-state index contributed by atoms with van der Waals surface area (Å²) in [5.74, 6) is 0.751. The lowest BCUT2D eigenvalue weighted by atomic mass is 10.1. The average molecular weight is 293 g/mol. The standard InChI is InChI=1S/C14H23N5O2/c1-21-9-7-15-10-13(20)18-12-4-2-8-19(11-12)14-16-5-3-6-17-14/h3,5-6,12,15H,2,4,7-11H2,1H3,(H,18,20). The van der Waals surface area contributed by atoms with Gasteiger partial charge in [-0.2, -0.15) is 0 Å². The molecule has 1 saturated heterocycles. The highest BCUT2D eigenvalue weighted by molar-refractivity contribution is 5.78. The molecule has 21 heavy (non-hydrogen) atoms. The van der Waals surface area contributed by atoms with Crippen molar-refractivity contribution < 1.29 is 9.53 Å². The number of ether oxygens (including phenoxy) is 1. The molecular formula is C14H23N5O2. The Morgan fingerprint density at radius 2 is 2.29 bits per heavy atom. The molecule has 116 valence electrons. The van der Waals surface area contributed by atoms with E-state index >= 15 is 0 Å². The number of carbonyl (C=O) groups is 1. The van der Waals surface area contributed by atoms with Crippen molar-refractivity contribution in [3.8, 4) is 0 Å². The summed E-state index contributed by atoms with van der Waals surface area (Å²) < 4.78 is 4.92. The minimum absolute atomic E-state index is 0.0203. The summed E-state index contributed by atoms with van der Waals surface area (Å²) in [7, 11) is 1.64. The molecule has 2 N–H and O–H groups in total. The lowest BCUT2D eigenvalue weighted by molar-refractivity contribution is -0.121. The zero-order valence-corrected chi connectivity index (χ0v) is 12.4. The van der Waals surface area contributed by atoms with Crippen molar-refractivity contribution in [1.82, 2.24) is 20.6 Å². The van der Waals surface area contributed by atoms with Gasteiger partial charge in [0.25, 0.3) is 0 Å². The average Bonchev–Trinajstić information content (AvgIpc) is 2.53. The minimum atomic E-state index is 0.0203. The topological polar surface area (TPSA) is 79.4 Å². The van der Waals surface area contributed by atoms with Crippen LogP contribution in [0.15, 0.2) is 18.5 Å². The Balaban J connectivity index is 1.75. The third-order valence-electron chi connectivity index (χ3n) is 3.39. The van der Waals surface area contributed by atoms with Gasteiger partial charge in [-0.3, -0.25) is 4.79 Å². The van der Waals surface area contributed by atoms with Crippen LogP contribution in [0, 0.1) is 0 Å². The van der Waals surface area contributed by atoms with Gasteiger partial charge < -0.3 is 20.3 Å². The number of nitrogens with one attached hydrogen (secondary N) is 2. The monoisotopic (exact) mass is 293 g/mol. The van der Waals surface area contributed by atoms with Crippen LogP contribution in [0.5, 0.6) is 0 Å². The molecule has 0 aromatic carbocycles. The van der Waals surface area contributed by atoms with Gasteiger partial charge >= 0.3 is 0 Å². The summed E-state index contributed by atoms with van der Waals surface area (Å²) in [6, 6.07) is 1.96. The number of hydrogen-bond acceptors (Lipinski definition) is 6. The second-order valence-corrected chi connectivity index (χ2v) is 5.07. The smallest absolute Gasteiger partial charge is 0.234 e. The number of carbonyl (C=O) groups excluding carboxylic acids is 1. The number of anilines is 1. The van der Waals surface area contributed by atoms with Gasteiger partial charge in [-0.15, -0.1) is 0 Å². The van der Waals surface area contributed by atoms with E-state index in [0.29, 0.717) is 19.7 Å². The molecule has 0 aliphatic carbocycles. The predicted octanol–water partition coefficient (Wildman–Crippen LogP) is -0.202. The van der Waals surface area contributed by atoms with Gasteiger partial charge in [0.05, 0.1) is 13.2 Å². The molecule has 0 saturated carbocycles. The highest BCUT2D eigenvalue weighted by atomic mass is 16.5. The Morgan fingerprint density at radius 1 is 1.48 bits per heavy atom. The zero-order chi connectivity index (χ0) is 14.9. The molecular weight excluding hydrogens is 270 g/mol. The number of aromatic nitrogens is 2. The van der Waals surface area contributed by atoms with Crippen molar-refractivity contribution in [1.29, 1.82) is 0 Å². The number of nitrogens with zero attached hydrogens (tertiary/aromatic N) is 3. The molecule has 1 amide bonds. The third kappa shape index (κ3) is 5.28. The van der Waals surface area contributed by atoms with Gasteiger partial charge in [-0.25, -0.2) is 9.97 Å². The highest BCUT2D eigenvalue weighted by Crippen LogP contribution is 2.14. The van der Waals surface area contributed by atoms with Crippen LogP contribution in [0.25, 0.3) is 0 Å². The van der Waals surface area contributed by atoms with E-state index in [1.165, 1.54) is 0 Å². The maximum atomic E-state index is 11.9. The van der Waals surface area contributed by atoms with E-state index in [1.54, 1.807) is 25.6 Å². The first-order valence-electron chi connectivity index (χ1n) is 7.30. The van der Waals surface area contributed by atoms with Crippen LogP contribution in [0.3, 0.4) is 0 Å². The number of piperidine rings is 1. The first-order chi connectivity index (χ1) is 10.3. The molecule has 0 bridgehead atoms. The van der Waals surface area contributed by atoms with Crippen LogP contribution >= 0.6 is 0 Å². The minimum Gasteiger partial charge on any atom is -0.383 e. The molecule has 0 radical (unpaired) electrons. The maximum absolute atomic E-state index is 11.9. The third-order valence-corrected chi connectivity index (χ3v) is 3.39. The van der Waals surface area contributed by atoms with E-state index in [0.717, 1.165) is 31.9 Å². The van der Waals surface area contributed by atoms with Crippen molar-refractivity contribution in [3.05, 3.63) is 18.5 Å². The SMILES string of the molecule is COCCNCC(=O)NC1CCCN(c2ncccn2)C1. The van der Waals surface area contributed by atoms with E-state index < -0.39 is 0 Å². The van der Waals surface area contributed by atoms with Crippen molar-refractivity contribution in [2.24, 2.45) is 0 Å². The van der Waals surface area contributed by atoms with Crippen LogP contribution in [0.1, 0.15) is 12.8 Å². The molecule has 1 aliphatic heterocycles. The summed E-state index contributed by atoms with van der Waals surface area (Å²) in [4.78, 5) is 22.5. The van der Waals surface area contributed by atoms with Gasteiger partial charge in [0.2, 0.25) is 11.9 Å². The van der Waals surface area contributed by atoms with Crippen LogP contribution < -0.4 is 15.5 Å². The second-order valence-electron chi connectivity index (χ2n) is 5.07. The van der Waals surface area contributed by atoms with Crippen LogP contribution in [0.4, 0.5) is 5.95 Å². The van der Waals surface area contributed by atoms with Gasteiger partial charge in [-0.05, 0) is 18.9 Å². The van der Waals surface area contributed by atoms with Crippen molar-refractivity contribution in [2.45, 2.75) is 18.9 Å². The summed E-state index contributed by atoms with van der Waals surface area (Å²) in [5, 5.41) is 6.10. The molecule has 1 fully saturated rings. The molecule has 7 heteroatoms. The Labute approximate surface area is 125 Å².